The first-order valence-corrected chi connectivity index (χ1v) is 12.2. The van der Waals surface area contributed by atoms with Crippen LogP contribution in [-0.4, -0.2) is 0 Å². The molecule has 0 aromatic heterocycles. The Morgan fingerprint density at radius 1 is 0.400 bits per heavy atom. The number of rotatable bonds is 3. The number of nitrogens with zero attached hydrogens (tertiary/aromatic N) is 1. The fourth-order valence-corrected chi connectivity index (χ4v) is 5.89. The lowest BCUT2D eigenvalue weighted by molar-refractivity contribution is 1.29. The maximum absolute atomic E-state index is 2.40. The van der Waals surface area contributed by atoms with E-state index < -0.39 is 0 Å². The zero-order chi connectivity index (χ0) is 23.5. The van der Waals surface area contributed by atoms with E-state index in [0.29, 0.717) is 0 Å². The molecule has 7 aromatic rings. The van der Waals surface area contributed by atoms with Crippen molar-refractivity contribution < 1.29 is 0 Å². The molecule has 0 heterocycles. The van der Waals surface area contributed by atoms with E-state index in [9.17, 15) is 0 Å². The van der Waals surface area contributed by atoms with Crippen LogP contribution in [-0.2, 0) is 0 Å². The van der Waals surface area contributed by atoms with E-state index in [4.69, 9.17) is 0 Å². The third-order valence-corrected chi connectivity index (χ3v) is 7.43. The van der Waals surface area contributed by atoms with Crippen LogP contribution in [0.2, 0.25) is 0 Å². The van der Waals surface area contributed by atoms with Crippen molar-refractivity contribution in [2.45, 2.75) is 13.8 Å². The molecule has 0 radical (unpaired) electrons. The summed E-state index contributed by atoms with van der Waals surface area (Å²) in [6, 6.07) is 41.9. The predicted octanol–water partition coefficient (Wildman–Crippen LogP) is 9.82. The van der Waals surface area contributed by atoms with Crippen molar-refractivity contribution in [3.63, 3.8) is 0 Å². The molecule has 0 fully saturated rings. The van der Waals surface area contributed by atoms with Crippen LogP contribution in [0.25, 0.3) is 43.1 Å². The first-order chi connectivity index (χ1) is 17.2. The minimum absolute atomic E-state index is 1.16. The van der Waals surface area contributed by atoms with Crippen molar-refractivity contribution in [1.29, 1.82) is 0 Å². The Balaban J connectivity index is 1.70. The van der Waals surface area contributed by atoms with Gasteiger partial charge in [-0.15, -0.1) is 0 Å². The number of fused-ring (bicyclic) bond motifs is 3. The first kappa shape index (κ1) is 20.1. The molecule has 0 N–H and O–H groups in total. The van der Waals surface area contributed by atoms with Crippen LogP contribution in [0.3, 0.4) is 0 Å². The summed E-state index contributed by atoms with van der Waals surface area (Å²) in [5.41, 5.74) is 6.16. The zero-order valence-electron chi connectivity index (χ0n) is 19.9. The third-order valence-electron chi connectivity index (χ3n) is 7.43. The highest BCUT2D eigenvalue weighted by Gasteiger charge is 2.21. The standard InChI is InChI=1S/C34H25N/c1-22-17-18-29-27-15-9-10-16-28(27)32-23(2)21-31(30-20-19-26(22)33(29)34(30)32)35(24-11-5-3-6-12-24)25-13-7-4-8-14-25/h3-21H,1-2H3. The summed E-state index contributed by atoms with van der Waals surface area (Å²) in [4.78, 5) is 2.40. The summed E-state index contributed by atoms with van der Waals surface area (Å²) >= 11 is 0. The van der Waals surface area contributed by atoms with E-state index in [2.05, 4.69) is 134 Å². The molecule has 0 aliphatic carbocycles. The van der Waals surface area contributed by atoms with Crippen molar-refractivity contribution in [2.24, 2.45) is 0 Å². The van der Waals surface area contributed by atoms with E-state index in [1.54, 1.807) is 0 Å². The third kappa shape index (κ3) is 2.88. The van der Waals surface area contributed by atoms with Gasteiger partial charge in [-0.3, -0.25) is 0 Å². The molecular weight excluding hydrogens is 422 g/mol. The number of hydrogen-bond acceptors (Lipinski definition) is 1. The molecule has 0 amide bonds. The molecule has 1 heteroatoms. The van der Waals surface area contributed by atoms with Crippen molar-refractivity contribution in [2.75, 3.05) is 4.90 Å². The van der Waals surface area contributed by atoms with Crippen LogP contribution in [0.4, 0.5) is 17.1 Å². The summed E-state index contributed by atoms with van der Waals surface area (Å²) in [5.74, 6) is 0. The molecule has 0 saturated heterocycles. The van der Waals surface area contributed by atoms with Gasteiger partial charge in [-0.2, -0.15) is 0 Å². The molecule has 7 rings (SSSR count). The fourth-order valence-electron chi connectivity index (χ4n) is 5.89. The Bertz CT molecular complexity index is 1810. The fraction of sp³-hybridized carbons (Fsp3) is 0.0588. The van der Waals surface area contributed by atoms with Crippen molar-refractivity contribution in [3.05, 3.63) is 126 Å². The van der Waals surface area contributed by atoms with Gasteiger partial charge in [0.1, 0.15) is 0 Å². The molecule has 0 aliphatic heterocycles. The van der Waals surface area contributed by atoms with Crippen LogP contribution >= 0.6 is 0 Å². The van der Waals surface area contributed by atoms with E-state index in [1.807, 2.05) is 0 Å². The van der Waals surface area contributed by atoms with Crippen molar-refractivity contribution in [3.8, 4) is 0 Å². The van der Waals surface area contributed by atoms with Gasteiger partial charge in [0, 0.05) is 22.1 Å². The molecule has 0 unspecified atom stereocenters. The van der Waals surface area contributed by atoms with E-state index in [1.165, 1.54) is 59.9 Å². The number of benzene rings is 7. The minimum Gasteiger partial charge on any atom is -0.310 e. The summed E-state index contributed by atoms with van der Waals surface area (Å²) in [7, 11) is 0. The number of aryl methyl sites for hydroxylation is 2. The average Bonchev–Trinajstić information content (AvgIpc) is 2.91. The Morgan fingerprint density at radius 3 is 1.63 bits per heavy atom. The number of anilines is 3. The van der Waals surface area contributed by atoms with Gasteiger partial charge >= 0.3 is 0 Å². The van der Waals surface area contributed by atoms with Crippen molar-refractivity contribution in [1.82, 2.24) is 0 Å². The smallest absolute Gasteiger partial charge is 0.0543 e. The largest absolute Gasteiger partial charge is 0.310 e. The van der Waals surface area contributed by atoms with E-state index in [0.717, 1.165) is 11.4 Å². The Hall–Kier alpha value is -4.36. The lowest BCUT2D eigenvalue weighted by Crippen LogP contribution is -2.11. The lowest BCUT2D eigenvalue weighted by atomic mass is 9.85. The van der Waals surface area contributed by atoms with Gasteiger partial charge in [0.05, 0.1) is 5.69 Å². The van der Waals surface area contributed by atoms with Gasteiger partial charge in [-0.1, -0.05) is 84.9 Å². The molecule has 0 bridgehead atoms. The van der Waals surface area contributed by atoms with Crippen LogP contribution in [0.15, 0.2) is 115 Å². The average molecular weight is 448 g/mol. The quantitative estimate of drug-likeness (QED) is 0.192. The Kier molecular flexibility index (Phi) is 4.34. The van der Waals surface area contributed by atoms with Crippen LogP contribution in [0.5, 0.6) is 0 Å². The van der Waals surface area contributed by atoms with Gasteiger partial charge in [0.2, 0.25) is 0 Å². The van der Waals surface area contributed by atoms with Crippen LogP contribution in [0.1, 0.15) is 11.1 Å². The second-order valence-electron chi connectivity index (χ2n) is 9.48. The SMILES string of the molecule is Cc1ccc2c3ccccc3c3c(C)cc(N(c4ccccc4)c4ccccc4)c4ccc1c2c43. The predicted molar refractivity (Wildman–Crippen MR) is 152 cm³/mol. The van der Waals surface area contributed by atoms with Gasteiger partial charge in [0.25, 0.3) is 0 Å². The molecule has 0 spiro atoms. The van der Waals surface area contributed by atoms with Gasteiger partial charge in [0.15, 0.2) is 0 Å². The van der Waals surface area contributed by atoms with Crippen LogP contribution in [0, 0.1) is 13.8 Å². The Labute approximate surface area is 205 Å². The monoisotopic (exact) mass is 447 g/mol. The molecule has 0 aliphatic rings. The van der Waals surface area contributed by atoms with Gasteiger partial charge in [-0.05, 0) is 87.6 Å². The Morgan fingerprint density at radius 2 is 0.943 bits per heavy atom. The zero-order valence-corrected chi connectivity index (χ0v) is 19.9. The summed E-state index contributed by atoms with van der Waals surface area (Å²) in [5, 5.41) is 10.7. The minimum atomic E-state index is 1.16. The van der Waals surface area contributed by atoms with Gasteiger partial charge in [-0.25, -0.2) is 0 Å². The molecule has 0 saturated carbocycles. The number of para-hydroxylation sites is 2. The molecule has 1 nitrogen and oxygen atoms in total. The molecule has 166 valence electrons. The van der Waals surface area contributed by atoms with E-state index in [-0.39, 0.29) is 0 Å². The summed E-state index contributed by atoms with van der Waals surface area (Å²) < 4.78 is 0. The molecule has 35 heavy (non-hydrogen) atoms. The topological polar surface area (TPSA) is 3.24 Å². The highest BCUT2D eigenvalue weighted by atomic mass is 15.1. The lowest BCUT2D eigenvalue weighted by Gasteiger charge is -2.29. The highest BCUT2D eigenvalue weighted by molar-refractivity contribution is 6.36. The maximum Gasteiger partial charge on any atom is 0.0543 e. The second-order valence-corrected chi connectivity index (χ2v) is 9.48. The maximum atomic E-state index is 2.40. The van der Waals surface area contributed by atoms with E-state index >= 15 is 0 Å². The number of hydrogen-bond donors (Lipinski definition) is 0. The molecule has 7 aromatic carbocycles. The first-order valence-electron chi connectivity index (χ1n) is 12.2. The van der Waals surface area contributed by atoms with Gasteiger partial charge < -0.3 is 4.90 Å². The highest BCUT2D eigenvalue weighted by Crippen LogP contribution is 2.48. The molecule has 0 atom stereocenters. The molecular formula is C34H25N. The second kappa shape index (κ2) is 7.58. The summed E-state index contributed by atoms with van der Waals surface area (Å²) in [6.45, 7) is 4.49. The normalized spacial score (nSPS) is 11.7. The summed E-state index contributed by atoms with van der Waals surface area (Å²) in [6.07, 6.45) is 0. The van der Waals surface area contributed by atoms with Crippen LogP contribution < -0.4 is 4.90 Å². The van der Waals surface area contributed by atoms with Crippen molar-refractivity contribution >= 4 is 60.2 Å².